The van der Waals surface area contributed by atoms with Crippen LogP contribution in [0.1, 0.15) is 83.2 Å². The number of pyridine rings is 1. The average molecular weight is 782 g/mol. The van der Waals surface area contributed by atoms with Gasteiger partial charge in [0.2, 0.25) is 5.56 Å². The smallest absolute Gasteiger partial charge is 0.409 e. The number of nitrogens with two attached hydrogens (primary N) is 2. The van der Waals surface area contributed by atoms with Crippen molar-refractivity contribution in [1.29, 1.82) is 0 Å². The summed E-state index contributed by atoms with van der Waals surface area (Å²) in [5.74, 6) is 0.730. The number of aromatic hydroxyl groups is 1. The number of carbonyl (C=O) groups is 2. The third-order valence-corrected chi connectivity index (χ3v) is 10.8. The van der Waals surface area contributed by atoms with Crippen LogP contribution in [-0.2, 0) is 13.0 Å². The number of ether oxygens (including phenoxy) is 2. The Kier molecular flexibility index (Phi) is 13.3. The van der Waals surface area contributed by atoms with Crippen molar-refractivity contribution in [3.63, 3.8) is 0 Å². The largest absolute Gasteiger partial charge is 0.506 e. The molecule has 0 unspecified atom stereocenters. The fraction of sp³-hybridized carbons (Fsp3) is 0.326. The molecule has 4 aromatic carbocycles. The standard InChI is InChI=1S/C43H48ClN5O7/c1-55-37-22-33(34(44)21-28(37)23-47-24-36(51)31-16-18-35(50)40-32(31)17-19-38(52)49-40)42(53)48-20-6-5-9-26-12-15-30(25-7-3-2-4-8-25)41(56-43(46)54)39(26)27-10-13-29(45)14-11-27/h2-4,7-8,12,15-19,21-22,27,29,36,47,50-51H,5-6,9-11,13-14,20,23-24,45H2,1H3,(H2,46,54)(H,48,53)(H,49,52)/t27?,29?,36-/m0/s1. The van der Waals surface area contributed by atoms with Crippen molar-refractivity contribution < 1.29 is 29.3 Å². The molecular weight excluding hydrogens is 734 g/mol. The van der Waals surface area contributed by atoms with E-state index in [9.17, 15) is 24.6 Å². The lowest BCUT2D eigenvalue weighted by molar-refractivity contribution is 0.0952. The minimum Gasteiger partial charge on any atom is -0.506 e. The Labute approximate surface area is 330 Å². The molecule has 294 valence electrons. The predicted molar refractivity (Wildman–Crippen MR) is 217 cm³/mol. The number of aromatic amines is 1. The molecule has 9 N–H and O–H groups in total. The highest BCUT2D eigenvalue weighted by atomic mass is 35.5. The molecule has 13 heteroatoms. The third kappa shape index (κ3) is 9.51. The second-order valence-electron chi connectivity index (χ2n) is 14.2. The Morgan fingerprint density at radius 1 is 0.982 bits per heavy atom. The van der Waals surface area contributed by atoms with Crippen molar-refractivity contribution in [2.24, 2.45) is 11.5 Å². The number of phenols is 1. The number of aliphatic hydroxyl groups is 1. The molecule has 1 atom stereocenters. The van der Waals surface area contributed by atoms with Gasteiger partial charge in [0.15, 0.2) is 0 Å². The fourth-order valence-electron chi connectivity index (χ4n) is 7.61. The van der Waals surface area contributed by atoms with Crippen LogP contribution in [0.5, 0.6) is 17.2 Å². The van der Waals surface area contributed by atoms with Gasteiger partial charge in [0.1, 0.15) is 17.2 Å². The number of halogens is 1. The number of primary amides is 1. The zero-order valence-electron chi connectivity index (χ0n) is 31.3. The Hall–Kier alpha value is -5.40. The Morgan fingerprint density at radius 2 is 1.75 bits per heavy atom. The van der Waals surface area contributed by atoms with Gasteiger partial charge in [-0.2, -0.15) is 0 Å². The van der Waals surface area contributed by atoms with Crippen LogP contribution in [0.2, 0.25) is 5.02 Å². The highest BCUT2D eigenvalue weighted by Gasteiger charge is 2.28. The molecule has 0 bridgehead atoms. The van der Waals surface area contributed by atoms with Gasteiger partial charge < -0.3 is 46.8 Å². The number of methoxy groups -OCH3 is 1. The highest BCUT2D eigenvalue weighted by Crippen LogP contribution is 2.45. The first-order valence-electron chi connectivity index (χ1n) is 18.9. The number of hydrogen-bond donors (Lipinski definition) is 7. The van der Waals surface area contributed by atoms with E-state index in [1.54, 1.807) is 24.3 Å². The van der Waals surface area contributed by atoms with Gasteiger partial charge in [0.05, 0.1) is 29.3 Å². The van der Waals surface area contributed by atoms with E-state index in [0.717, 1.165) is 54.4 Å². The van der Waals surface area contributed by atoms with Crippen LogP contribution in [0.25, 0.3) is 22.0 Å². The quantitative estimate of drug-likeness (QED) is 0.0573. The minimum atomic E-state index is -0.951. The molecule has 1 saturated carbocycles. The van der Waals surface area contributed by atoms with E-state index in [4.69, 9.17) is 32.5 Å². The van der Waals surface area contributed by atoms with Gasteiger partial charge in [-0.3, -0.25) is 9.59 Å². The van der Waals surface area contributed by atoms with Gasteiger partial charge >= 0.3 is 6.09 Å². The molecule has 1 heterocycles. The third-order valence-electron chi connectivity index (χ3n) is 10.4. The first-order chi connectivity index (χ1) is 27.0. The summed E-state index contributed by atoms with van der Waals surface area (Å²) in [4.78, 5) is 39.8. The van der Waals surface area contributed by atoms with Crippen LogP contribution in [0.4, 0.5) is 4.79 Å². The number of H-pyrrole nitrogens is 1. The maximum atomic E-state index is 13.3. The number of aliphatic hydroxyl groups excluding tert-OH is 1. The van der Waals surface area contributed by atoms with Crippen molar-refractivity contribution in [3.8, 4) is 28.4 Å². The molecule has 0 spiro atoms. The number of fused-ring (bicyclic) bond motifs is 1. The summed E-state index contributed by atoms with van der Waals surface area (Å²) in [6.07, 6.45) is 3.93. The van der Waals surface area contributed by atoms with Crippen molar-refractivity contribution in [2.45, 2.75) is 69.6 Å². The molecule has 2 amide bonds. The summed E-state index contributed by atoms with van der Waals surface area (Å²) < 4.78 is 11.4. The van der Waals surface area contributed by atoms with Gasteiger partial charge in [-0.1, -0.05) is 60.1 Å². The predicted octanol–water partition coefficient (Wildman–Crippen LogP) is 6.58. The summed E-state index contributed by atoms with van der Waals surface area (Å²) in [5.41, 5.74) is 17.1. The summed E-state index contributed by atoms with van der Waals surface area (Å²) in [5, 5.41) is 28.1. The average Bonchev–Trinajstić information content (AvgIpc) is 3.18. The molecule has 12 nitrogen and oxygen atoms in total. The van der Waals surface area contributed by atoms with Gasteiger partial charge in [0.25, 0.3) is 5.91 Å². The molecule has 5 aromatic rings. The van der Waals surface area contributed by atoms with Crippen LogP contribution in [0.15, 0.2) is 83.7 Å². The van der Waals surface area contributed by atoms with E-state index in [2.05, 4.69) is 21.7 Å². The zero-order valence-corrected chi connectivity index (χ0v) is 32.0. The fourth-order valence-corrected chi connectivity index (χ4v) is 7.88. The normalized spacial score (nSPS) is 16.0. The zero-order chi connectivity index (χ0) is 39.8. The number of unbranched alkanes of at least 4 members (excludes halogenated alkanes) is 1. The van der Waals surface area contributed by atoms with E-state index >= 15 is 0 Å². The molecule has 1 fully saturated rings. The van der Waals surface area contributed by atoms with E-state index in [1.807, 2.05) is 36.4 Å². The molecule has 0 saturated heterocycles. The first kappa shape index (κ1) is 40.3. The molecular formula is C43H48ClN5O7. The maximum Gasteiger partial charge on any atom is 0.409 e. The summed E-state index contributed by atoms with van der Waals surface area (Å²) >= 11 is 6.61. The summed E-state index contributed by atoms with van der Waals surface area (Å²) in [6, 6.07) is 23.3. The number of hydrogen-bond acceptors (Lipinski definition) is 9. The van der Waals surface area contributed by atoms with E-state index in [1.165, 1.54) is 19.2 Å². The van der Waals surface area contributed by atoms with E-state index in [0.29, 0.717) is 47.4 Å². The Bertz CT molecular complexity index is 2240. The van der Waals surface area contributed by atoms with Crippen LogP contribution in [0, 0.1) is 0 Å². The van der Waals surface area contributed by atoms with Crippen LogP contribution in [-0.4, -0.2) is 53.4 Å². The number of amides is 2. The Balaban J connectivity index is 1.07. The molecule has 1 aliphatic carbocycles. The first-order valence-corrected chi connectivity index (χ1v) is 19.2. The number of aromatic nitrogens is 1. The van der Waals surface area contributed by atoms with Crippen LogP contribution < -0.4 is 37.1 Å². The summed E-state index contributed by atoms with van der Waals surface area (Å²) in [7, 11) is 1.51. The maximum absolute atomic E-state index is 13.3. The molecule has 56 heavy (non-hydrogen) atoms. The lowest BCUT2D eigenvalue weighted by Gasteiger charge is -2.30. The number of nitrogens with one attached hydrogen (secondary N) is 3. The molecule has 6 rings (SSSR count). The number of phenolic OH excluding ortho intramolecular Hbond substituents is 1. The number of rotatable bonds is 15. The van der Waals surface area contributed by atoms with Gasteiger partial charge in [0, 0.05) is 53.8 Å². The van der Waals surface area contributed by atoms with Gasteiger partial charge in [-0.05, 0) is 91.8 Å². The number of benzene rings is 4. The van der Waals surface area contributed by atoms with Gasteiger partial charge in [-0.15, -0.1) is 0 Å². The monoisotopic (exact) mass is 781 g/mol. The van der Waals surface area contributed by atoms with Gasteiger partial charge in [-0.25, -0.2) is 4.79 Å². The van der Waals surface area contributed by atoms with E-state index in [-0.39, 0.29) is 58.4 Å². The Morgan fingerprint density at radius 3 is 2.48 bits per heavy atom. The highest BCUT2D eigenvalue weighted by molar-refractivity contribution is 6.34. The molecule has 0 radical (unpaired) electrons. The molecule has 0 aliphatic heterocycles. The topological polar surface area (TPSA) is 202 Å². The second-order valence-corrected chi connectivity index (χ2v) is 14.6. The number of carbonyl (C=O) groups excluding carboxylic acids is 2. The van der Waals surface area contributed by atoms with Crippen molar-refractivity contribution in [2.75, 3.05) is 20.2 Å². The van der Waals surface area contributed by atoms with E-state index < -0.39 is 12.2 Å². The number of aryl methyl sites for hydroxylation is 1. The van der Waals surface area contributed by atoms with Crippen molar-refractivity contribution in [3.05, 3.63) is 122 Å². The van der Waals surface area contributed by atoms with Crippen LogP contribution >= 0.6 is 11.6 Å². The lowest BCUT2D eigenvalue weighted by atomic mass is 9.78. The van der Waals surface area contributed by atoms with Crippen LogP contribution in [0.3, 0.4) is 0 Å². The second kappa shape index (κ2) is 18.5. The summed E-state index contributed by atoms with van der Waals surface area (Å²) in [6.45, 7) is 0.844. The van der Waals surface area contributed by atoms with Crippen molar-refractivity contribution in [1.82, 2.24) is 15.6 Å². The SMILES string of the molecule is COc1cc(C(=O)NCCCCc2ccc(-c3ccccc3)c(OC(N)=O)c2C2CCC(N)CC2)c(Cl)cc1CNC[C@H](O)c1ccc(O)c2[nH]c(=O)ccc12. The van der Waals surface area contributed by atoms with Crippen molar-refractivity contribution >= 4 is 34.5 Å². The lowest BCUT2D eigenvalue weighted by Crippen LogP contribution is -2.27. The molecule has 1 aliphatic rings. The molecule has 1 aromatic heterocycles. The minimum absolute atomic E-state index is 0.0859.